The molecule has 0 spiro atoms. The van der Waals surface area contributed by atoms with Crippen LogP contribution in [-0.4, -0.2) is 65.7 Å². The van der Waals surface area contributed by atoms with E-state index in [1.807, 2.05) is 0 Å². The molecule has 0 aliphatic rings. The number of unbranched alkanes of at least 4 members (excludes halogenated alkanes) is 27. The number of hydrogen-bond donors (Lipinski definition) is 3. The molecule has 0 heterocycles. The number of phosphoric acid groups is 1. The molecule has 0 aliphatic heterocycles. The maximum absolute atomic E-state index is 12.6. The van der Waals surface area contributed by atoms with E-state index in [4.69, 9.17) is 19.1 Å². The number of esters is 2. The molecule has 0 rings (SSSR count). The monoisotopic (exact) mass is 765 g/mol. The van der Waals surface area contributed by atoms with E-state index in [2.05, 4.69) is 18.4 Å². The third-order valence-electron chi connectivity index (χ3n) is 9.51. The van der Waals surface area contributed by atoms with Gasteiger partial charge in [0, 0.05) is 12.8 Å². The Balaban J connectivity index is 4.22. The van der Waals surface area contributed by atoms with Crippen LogP contribution in [0.5, 0.6) is 0 Å². The lowest BCUT2D eigenvalue weighted by atomic mass is 10.0. The first kappa shape index (κ1) is 51.0. The van der Waals surface area contributed by atoms with Gasteiger partial charge >= 0.3 is 19.8 Å². The van der Waals surface area contributed by atoms with Gasteiger partial charge in [0.15, 0.2) is 6.10 Å². The Labute approximate surface area is 318 Å². The molecular weight excluding hydrogens is 683 g/mol. The molecule has 3 N–H and O–H groups in total. The van der Waals surface area contributed by atoms with Crippen molar-refractivity contribution in [3.05, 3.63) is 0 Å². The predicted molar refractivity (Wildman–Crippen MR) is 210 cm³/mol. The molecule has 0 aromatic rings. The highest BCUT2D eigenvalue weighted by Gasteiger charge is 2.27. The van der Waals surface area contributed by atoms with Crippen LogP contribution in [0.1, 0.15) is 213 Å². The summed E-state index contributed by atoms with van der Waals surface area (Å²) in [4.78, 5) is 34.9. The van der Waals surface area contributed by atoms with Gasteiger partial charge in [0.25, 0.3) is 0 Å². The molecule has 0 fully saturated rings. The molecule has 0 aromatic carbocycles. The molecule has 0 aliphatic carbocycles. The Morgan fingerprint density at radius 1 is 0.500 bits per heavy atom. The fraction of sp³-hybridized carbons (Fsp3) is 0.951. The number of rotatable bonds is 41. The first-order chi connectivity index (χ1) is 25.2. The van der Waals surface area contributed by atoms with Crippen molar-refractivity contribution in [2.45, 2.75) is 225 Å². The Bertz CT molecular complexity index is 842. The quantitative estimate of drug-likeness (QED) is 0.0312. The van der Waals surface area contributed by atoms with E-state index < -0.39 is 51.8 Å². The van der Waals surface area contributed by atoms with Crippen molar-refractivity contribution in [1.82, 2.24) is 0 Å². The maximum Gasteiger partial charge on any atom is 0.472 e. The Morgan fingerprint density at radius 2 is 0.827 bits per heavy atom. The Kier molecular flexibility index (Phi) is 37.5. The molecule has 0 saturated carbocycles. The zero-order valence-corrected chi connectivity index (χ0v) is 34.4. The SMILES string of the molecule is CCCCCCCCCCCCCCCCCCCCC(=O)O[C@H](COC(=O)CCCCCCCCCCCCC)COP(=O)(O)OC[C@@H](O)CO. The van der Waals surface area contributed by atoms with E-state index in [1.165, 1.54) is 135 Å². The lowest BCUT2D eigenvalue weighted by Gasteiger charge is -2.20. The van der Waals surface area contributed by atoms with Crippen LogP contribution in [0.25, 0.3) is 0 Å². The number of aliphatic hydroxyl groups is 2. The molecule has 310 valence electrons. The summed E-state index contributed by atoms with van der Waals surface area (Å²) < 4.78 is 32.7. The van der Waals surface area contributed by atoms with Crippen LogP contribution >= 0.6 is 7.82 Å². The largest absolute Gasteiger partial charge is 0.472 e. The summed E-state index contributed by atoms with van der Waals surface area (Å²) in [6.45, 7) is 2.40. The summed E-state index contributed by atoms with van der Waals surface area (Å²) in [7, 11) is -4.61. The third-order valence-corrected chi connectivity index (χ3v) is 10.5. The number of ether oxygens (including phenoxy) is 2. The normalized spacial score (nSPS) is 13.9. The van der Waals surface area contributed by atoms with E-state index in [9.17, 15) is 24.2 Å². The van der Waals surface area contributed by atoms with Crippen molar-refractivity contribution in [3.8, 4) is 0 Å². The second-order valence-corrected chi connectivity index (χ2v) is 16.2. The lowest BCUT2D eigenvalue weighted by molar-refractivity contribution is -0.161. The maximum atomic E-state index is 12.6. The first-order valence-electron chi connectivity index (χ1n) is 21.5. The van der Waals surface area contributed by atoms with Crippen molar-refractivity contribution in [2.75, 3.05) is 26.4 Å². The molecule has 11 heteroatoms. The zero-order chi connectivity index (χ0) is 38.4. The molecule has 3 atom stereocenters. The fourth-order valence-corrected chi connectivity index (χ4v) is 6.96. The lowest BCUT2D eigenvalue weighted by Crippen LogP contribution is -2.29. The molecule has 0 bridgehead atoms. The minimum atomic E-state index is -4.61. The van der Waals surface area contributed by atoms with Gasteiger partial charge in [0.1, 0.15) is 12.7 Å². The van der Waals surface area contributed by atoms with Crippen molar-refractivity contribution in [2.24, 2.45) is 0 Å². The fourth-order valence-electron chi connectivity index (χ4n) is 6.17. The van der Waals surface area contributed by atoms with Gasteiger partial charge in [-0.2, -0.15) is 0 Å². The Morgan fingerprint density at radius 3 is 1.19 bits per heavy atom. The number of carbonyl (C=O) groups is 2. The van der Waals surface area contributed by atoms with Gasteiger partial charge in [-0.1, -0.05) is 187 Å². The molecule has 0 aromatic heterocycles. The average molecular weight is 765 g/mol. The second-order valence-electron chi connectivity index (χ2n) is 14.7. The molecule has 0 amide bonds. The molecule has 0 radical (unpaired) electrons. The van der Waals surface area contributed by atoms with Crippen LogP contribution in [0.2, 0.25) is 0 Å². The summed E-state index contributed by atoms with van der Waals surface area (Å²) in [5.41, 5.74) is 0. The van der Waals surface area contributed by atoms with E-state index in [1.54, 1.807) is 0 Å². The van der Waals surface area contributed by atoms with Crippen LogP contribution in [-0.2, 0) is 32.7 Å². The van der Waals surface area contributed by atoms with Gasteiger partial charge in [-0.05, 0) is 12.8 Å². The van der Waals surface area contributed by atoms with Crippen LogP contribution in [0, 0.1) is 0 Å². The van der Waals surface area contributed by atoms with Gasteiger partial charge < -0.3 is 24.6 Å². The molecule has 1 unspecified atom stereocenters. The highest BCUT2D eigenvalue weighted by Crippen LogP contribution is 2.43. The summed E-state index contributed by atoms with van der Waals surface area (Å²) in [5.74, 6) is -0.911. The Hall–Kier alpha value is -1.03. The van der Waals surface area contributed by atoms with E-state index in [0.29, 0.717) is 12.8 Å². The summed E-state index contributed by atoms with van der Waals surface area (Å²) in [6, 6.07) is 0. The van der Waals surface area contributed by atoms with Crippen molar-refractivity contribution in [3.63, 3.8) is 0 Å². The smallest absolute Gasteiger partial charge is 0.462 e. The predicted octanol–water partition coefficient (Wildman–Crippen LogP) is 11.1. The zero-order valence-electron chi connectivity index (χ0n) is 33.6. The third kappa shape index (κ3) is 37.3. The molecule has 52 heavy (non-hydrogen) atoms. The highest BCUT2D eigenvalue weighted by molar-refractivity contribution is 7.47. The van der Waals surface area contributed by atoms with Crippen LogP contribution < -0.4 is 0 Å². The van der Waals surface area contributed by atoms with Crippen LogP contribution in [0.3, 0.4) is 0 Å². The summed E-state index contributed by atoms with van der Waals surface area (Å²) in [5, 5.41) is 18.3. The van der Waals surface area contributed by atoms with E-state index >= 15 is 0 Å². The minimum absolute atomic E-state index is 0.192. The van der Waals surface area contributed by atoms with Gasteiger partial charge in [-0.15, -0.1) is 0 Å². The van der Waals surface area contributed by atoms with Gasteiger partial charge in [0.05, 0.1) is 19.8 Å². The first-order valence-corrected chi connectivity index (χ1v) is 23.0. The van der Waals surface area contributed by atoms with Gasteiger partial charge in [-0.25, -0.2) is 4.57 Å². The van der Waals surface area contributed by atoms with Crippen molar-refractivity contribution >= 4 is 19.8 Å². The second kappa shape index (κ2) is 38.3. The molecule has 10 nitrogen and oxygen atoms in total. The van der Waals surface area contributed by atoms with Gasteiger partial charge in [-0.3, -0.25) is 18.6 Å². The molecule has 0 saturated heterocycles. The van der Waals surface area contributed by atoms with Crippen LogP contribution in [0.15, 0.2) is 0 Å². The standard InChI is InChI=1S/C41H81O10P/c1-3-5-7-9-11-13-15-16-17-18-19-20-21-23-25-27-29-31-33-41(45)51-39(37-50-52(46,47)49-35-38(43)34-42)36-48-40(44)32-30-28-26-24-22-14-12-10-8-6-4-2/h38-39,42-43H,3-37H2,1-2H3,(H,46,47)/t38-,39+/m0/s1. The highest BCUT2D eigenvalue weighted by atomic mass is 31.2. The van der Waals surface area contributed by atoms with Crippen LogP contribution in [0.4, 0.5) is 0 Å². The van der Waals surface area contributed by atoms with E-state index in [0.717, 1.165) is 38.5 Å². The van der Waals surface area contributed by atoms with Crippen molar-refractivity contribution in [1.29, 1.82) is 0 Å². The number of aliphatic hydroxyl groups excluding tert-OH is 2. The number of carbonyl (C=O) groups excluding carboxylic acids is 2. The summed E-state index contributed by atoms with van der Waals surface area (Å²) >= 11 is 0. The topological polar surface area (TPSA) is 149 Å². The number of phosphoric ester groups is 1. The van der Waals surface area contributed by atoms with E-state index in [-0.39, 0.29) is 19.4 Å². The number of hydrogen-bond acceptors (Lipinski definition) is 9. The average Bonchev–Trinajstić information content (AvgIpc) is 3.13. The van der Waals surface area contributed by atoms with Gasteiger partial charge in [0.2, 0.25) is 0 Å². The summed E-state index contributed by atoms with van der Waals surface area (Å²) in [6.07, 6.45) is 33.6. The van der Waals surface area contributed by atoms with Crippen molar-refractivity contribution < 1.29 is 47.8 Å². The molecular formula is C41H81O10P. The minimum Gasteiger partial charge on any atom is -0.462 e.